The molecule has 0 radical (unpaired) electrons. The molecule has 0 amide bonds. The molecule has 1 saturated heterocycles. The molecule has 0 aromatic heterocycles. The van der Waals surface area contributed by atoms with E-state index >= 15 is 0 Å². The zero-order valence-corrected chi connectivity index (χ0v) is 14.3. The zero-order valence-electron chi connectivity index (χ0n) is 12.0. The Morgan fingerprint density at radius 3 is 2.18 bits per heavy atom. The maximum absolute atomic E-state index is 6.46. The first-order chi connectivity index (χ1) is 10.6. The van der Waals surface area contributed by atoms with Gasteiger partial charge in [-0.2, -0.15) is 0 Å². The van der Waals surface area contributed by atoms with Crippen LogP contribution >= 0.6 is 34.8 Å². The molecule has 2 nitrogen and oxygen atoms in total. The third-order valence-electron chi connectivity index (χ3n) is 3.96. The van der Waals surface area contributed by atoms with Crippen LogP contribution in [0, 0.1) is 0 Å². The number of piperazine rings is 1. The Morgan fingerprint density at radius 2 is 1.50 bits per heavy atom. The third kappa shape index (κ3) is 3.58. The van der Waals surface area contributed by atoms with Gasteiger partial charge in [-0.25, -0.2) is 0 Å². The van der Waals surface area contributed by atoms with Gasteiger partial charge < -0.3 is 5.32 Å². The Labute approximate surface area is 146 Å². The minimum Gasteiger partial charge on any atom is -0.314 e. The number of nitrogens with one attached hydrogen (secondary N) is 1. The van der Waals surface area contributed by atoms with Crippen molar-refractivity contribution in [2.24, 2.45) is 0 Å². The molecular weight excluding hydrogens is 339 g/mol. The van der Waals surface area contributed by atoms with Crippen LogP contribution in [0.1, 0.15) is 17.2 Å². The second kappa shape index (κ2) is 7.20. The predicted octanol–water partition coefficient (Wildman–Crippen LogP) is 4.64. The minimum absolute atomic E-state index is 0.0885. The Morgan fingerprint density at radius 1 is 0.864 bits per heavy atom. The summed E-state index contributed by atoms with van der Waals surface area (Å²) in [5.74, 6) is 0. The van der Waals surface area contributed by atoms with Crippen LogP contribution < -0.4 is 5.32 Å². The summed E-state index contributed by atoms with van der Waals surface area (Å²) in [5.41, 5.74) is 2.22. The molecule has 1 fully saturated rings. The van der Waals surface area contributed by atoms with Crippen molar-refractivity contribution in [3.8, 4) is 0 Å². The number of benzene rings is 2. The highest BCUT2D eigenvalue weighted by Gasteiger charge is 2.25. The first-order valence-electron chi connectivity index (χ1n) is 7.30. The van der Waals surface area contributed by atoms with E-state index in [1.807, 2.05) is 30.3 Å². The monoisotopic (exact) mass is 354 g/mol. The highest BCUT2D eigenvalue weighted by molar-refractivity contribution is 6.33. The SMILES string of the molecule is Clc1ccc(C(c2cc(Cl)ccc2Cl)N2CCNCC2)cc1. The quantitative estimate of drug-likeness (QED) is 0.862. The summed E-state index contributed by atoms with van der Waals surface area (Å²) in [6.07, 6.45) is 0. The van der Waals surface area contributed by atoms with E-state index in [4.69, 9.17) is 34.8 Å². The van der Waals surface area contributed by atoms with Crippen molar-refractivity contribution >= 4 is 34.8 Å². The molecule has 1 unspecified atom stereocenters. The van der Waals surface area contributed by atoms with Gasteiger partial charge in [0, 0.05) is 41.2 Å². The third-order valence-corrected chi connectivity index (χ3v) is 4.79. The van der Waals surface area contributed by atoms with E-state index in [0.29, 0.717) is 5.02 Å². The molecule has 0 bridgehead atoms. The summed E-state index contributed by atoms with van der Waals surface area (Å²) in [5, 5.41) is 5.56. The average Bonchev–Trinajstić information content (AvgIpc) is 2.54. The fraction of sp³-hybridized carbons (Fsp3) is 0.294. The summed E-state index contributed by atoms with van der Waals surface area (Å²) >= 11 is 18.7. The number of rotatable bonds is 3. The number of halogens is 3. The Bertz CT molecular complexity index is 637. The summed E-state index contributed by atoms with van der Waals surface area (Å²) in [6.45, 7) is 3.89. The fourth-order valence-corrected chi connectivity index (χ4v) is 3.42. The normalized spacial score (nSPS) is 17.4. The lowest BCUT2D eigenvalue weighted by molar-refractivity contribution is 0.198. The van der Waals surface area contributed by atoms with Gasteiger partial charge in [-0.3, -0.25) is 4.90 Å². The van der Waals surface area contributed by atoms with E-state index in [-0.39, 0.29) is 6.04 Å². The van der Waals surface area contributed by atoms with Crippen LogP contribution in [-0.4, -0.2) is 31.1 Å². The lowest BCUT2D eigenvalue weighted by Crippen LogP contribution is -2.45. The highest BCUT2D eigenvalue weighted by Crippen LogP contribution is 2.35. The van der Waals surface area contributed by atoms with Crippen LogP contribution in [-0.2, 0) is 0 Å². The standard InChI is InChI=1S/C17H17Cl3N2/c18-13-3-1-12(2-4-13)17(22-9-7-21-8-10-22)15-11-14(19)5-6-16(15)20/h1-6,11,17,21H,7-10H2. The molecule has 22 heavy (non-hydrogen) atoms. The van der Waals surface area contributed by atoms with Crippen molar-refractivity contribution in [1.29, 1.82) is 0 Å². The summed E-state index contributed by atoms with van der Waals surface area (Å²) in [7, 11) is 0. The molecule has 3 rings (SSSR count). The van der Waals surface area contributed by atoms with Crippen molar-refractivity contribution < 1.29 is 0 Å². The number of hydrogen-bond donors (Lipinski definition) is 1. The van der Waals surface area contributed by atoms with E-state index < -0.39 is 0 Å². The van der Waals surface area contributed by atoms with Crippen LogP contribution in [0.2, 0.25) is 15.1 Å². The fourth-order valence-electron chi connectivity index (χ4n) is 2.90. The molecule has 2 aromatic rings. The smallest absolute Gasteiger partial charge is 0.0617 e. The van der Waals surface area contributed by atoms with E-state index in [0.717, 1.165) is 41.8 Å². The van der Waals surface area contributed by atoms with Crippen molar-refractivity contribution in [1.82, 2.24) is 10.2 Å². The van der Waals surface area contributed by atoms with Crippen LogP contribution in [0.15, 0.2) is 42.5 Å². The van der Waals surface area contributed by atoms with E-state index in [2.05, 4.69) is 22.3 Å². The van der Waals surface area contributed by atoms with Crippen LogP contribution in [0.25, 0.3) is 0 Å². The molecule has 1 aliphatic rings. The van der Waals surface area contributed by atoms with Gasteiger partial charge in [-0.15, -0.1) is 0 Å². The number of nitrogens with zero attached hydrogens (tertiary/aromatic N) is 1. The van der Waals surface area contributed by atoms with Gasteiger partial charge >= 0.3 is 0 Å². The summed E-state index contributed by atoms with van der Waals surface area (Å²) in [6, 6.07) is 13.7. The van der Waals surface area contributed by atoms with E-state index in [1.165, 1.54) is 5.56 Å². The molecule has 0 aliphatic carbocycles. The molecule has 2 aromatic carbocycles. The van der Waals surface area contributed by atoms with Gasteiger partial charge in [0.2, 0.25) is 0 Å². The lowest BCUT2D eigenvalue weighted by Gasteiger charge is -2.36. The van der Waals surface area contributed by atoms with E-state index in [9.17, 15) is 0 Å². The van der Waals surface area contributed by atoms with Gasteiger partial charge in [0.05, 0.1) is 6.04 Å². The maximum Gasteiger partial charge on any atom is 0.0617 e. The van der Waals surface area contributed by atoms with Crippen molar-refractivity contribution in [2.75, 3.05) is 26.2 Å². The second-order valence-electron chi connectivity index (χ2n) is 5.41. The molecular formula is C17H17Cl3N2. The average molecular weight is 356 g/mol. The van der Waals surface area contributed by atoms with Gasteiger partial charge in [0.25, 0.3) is 0 Å². The van der Waals surface area contributed by atoms with Gasteiger partial charge in [-0.1, -0.05) is 46.9 Å². The molecule has 116 valence electrons. The topological polar surface area (TPSA) is 15.3 Å². The number of hydrogen-bond acceptors (Lipinski definition) is 2. The largest absolute Gasteiger partial charge is 0.314 e. The molecule has 1 N–H and O–H groups in total. The molecule has 1 aliphatic heterocycles. The molecule has 1 atom stereocenters. The first kappa shape index (κ1) is 16.1. The summed E-state index contributed by atoms with van der Waals surface area (Å²) in [4.78, 5) is 2.43. The van der Waals surface area contributed by atoms with E-state index in [1.54, 1.807) is 0 Å². The molecule has 1 heterocycles. The lowest BCUT2D eigenvalue weighted by atomic mass is 9.96. The maximum atomic E-state index is 6.46. The van der Waals surface area contributed by atoms with Gasteiger partial charge in [-0.05, 0) is 41.5 Å². The van der Waals surface area contributed by atoms with Crippen LogP contribution in [0.3, 0.4) is 0 Å². The van der Waals surface area contributed by atoms with Crippen LogP contribution in [0.5, 0.6) is 0 Å². The second-order valence-corrected chi connectivity index (χ2v) is 6.69. The molecule has 5 heteroatoms. The van der Waals surface area contributed by atoms with Gasteiger partial charge in [0.15, 0.2) is 0 Å². The Balaban J connectivity index is 2.05. The Hall–Kier alpha value is -0.770. The first-order valence-corrected chi connectivity index (χ1v) is 8.44. The zero-order chi connectivity index (χ0) is 15.5. The Kier molecular flexibility index (Phi) is 5.27. The van der Waals surface area contributed by atoms with Crippen molar-refractivity contribution in [3.63, 3.8) is 0 Å². The molecule has 0 spiro atoms. The summed E-state index contributed by atoms with van der Waals surface area (Å²) < 4.78 is 0. The van der Waals surface area contributed by atoms with Crippen molar-refractivity contribution in [3.05, 3.63) is 68.7 Å². The predicted molar refractivity (Wildman–Crippen MR) is 94.2 cm³/mol. The molecule has 0 saturated carbocycles. The minimum atomic E-state index is 0.0885. The van der Waals surface area contributed by atoms with Gasteiger partial charge in [0.1, 0.15) is 0 Å². The van der Waals surface area contributed by atoms with Crippen molar-refractivity contribution in [2.45, 2.75) is 6.04 Å². The van der Waals surface area contributed by atoms with Crippen LogP contribution in [0.4, 0.5) is 0 Å². The highest BCUT2D eigenvalue weighted by atomic mass is 35.5.